The molecule has 0 bridgehead atoms. The maximum absolute atomic E-state index is 6.04. The minimum atomic E-state index is 0.303. The van der Waals surface area contributed by atoms with E-state index in [4.69, 9.17) is 33.7 Å². The minimum absolute atomic E-state index is 0.303. The van der Waals surface area contributed by atoms with Gasteiger partial charge in [0.2, 0.25) is 0 Å². The maximum atomic E-state index is 6.04. The lowest BCUT2D eigenvalue weighted by molar-refractivity contribution is 0.412. The topological polar surface area (TPSA) is 66.0 Å². The molecule has 0 amide bonds. The molecule has 2 aromatic heterocycles. The van der Waals surface area contributed by atoms with Crippen molar-refractivity contribution < 1.29 is 4.74 Å². The molecule has 0 aliphatic rings. The molecule has 2 heterocycles. The first-order valence-electron chi connectivity index (χ1n) is 5.74. The fraction of sp³-hybridized carbons (Fsp3) is 0.0769. The van der Waals surface area contributed by atoms with E-state index >= 15 is 0 Å². The van der Waals surface area contributed by atoms with Gasteiger partial charge in [-0.1, -0.05) is 23.2 Å². The van der Waals surface area contributed by atoms with E-state index in [1.165, 1.54) is 0 Å². The largest absolute Gasteiger partial charge is 0.494 e. The molecule has 0 fully saturated rings. The summed E-state index contributed by atoms with van der Waals surface area (Å²) in [6, 6.07) is 6.98. The van der Waals surface area contributed by atoms with E-state index in [1.54, 1.807) is 42.3 Å². The number of nitrogens with two attached hydrogens (primary N) is 1. The lowest BCUT2D eigenvalue weighted by Crippen LogP contribution is -2.00. The third-order valence-corrected chi connectivity index (χ3v) is 3.36. The summed E-state index contributed by atoms with van der Waals surface area (Å²) >= 11 is 12.0. The first kappa shape index (κ1) is 13.0. The number of methoxy groups -OCH3 is 1. The monoisotopic (exact) mass is 308 g/mol. The molecule has 3 aromatic rings. The van der Waals surface area contributed by atoms with Gasteiger partial charge in [0, 0.05) is 11.1 Å². The van der Waals surface area contributed by atoms with E-state index in [9.17, 15) is 0 Å². The number of pyridine rings is 1. The van der Waals surface area contributed by atoms with E-state index in [0.29, 0.717) is 27.4 Å². The fourth-order valence-corrected chi connectivity index (χ4v) is 2.40. The number of anilines is 1. The Morgan fingerprint density at radius 2 is 2.05 bits per heavy atom. The molecule has 0 spiro atoms. The number of nitrogens with zero attached hydrogens (tertiary/aromatic N) is 3. The van der Waals surface area contributed by atoms with E-state index < -0.39 is 0 Å². The van der Waals surface area contributed by atoms with Crippen molar-refractivity contribution in [1.82, 2.24) is 14.8 Å². The van der Waals surface area contributed by atoms with E-state index in [2.05, 4.69) is 10.1 Å². The molecule has 0 saturated heterocycles. The van der Waals surface area contributed by atoms with Crippen molar-refractivity contribution in [2.24, 2.45) is 0 Å². The number of hydrogen-bond acceptors (Lipinski definition) is 4. The number of nitrogen functional groups attached to an aromatic ring is 1. The van der Waals surface area contributed by atoms with Crippen LogP contribution < -0.4 is 10.5 Å². The highest BCUT2D eigenvalue weighted by Gasteiger charge is 2.13. The van der Waals surface area contributed by atoms with Crippen LogP contribution in [0.15, 0.2) is 30.5 Å². The van der Waals surface area contributed by atoms with Crippen molar-refractivity contribution in [3.63, 3.8) is 0 Å². The highest BCUT2D eigenvalue weighted by Crippen LogP contribution is 2.30. The van der Waals surface area contributed by atoms with Gasteiger partial charge < -0.3 is 10.5 Å². The zero-order valence-electron chi connectivity index (χ0n) is 10.5. The van der Waals surface area contributed by atoms with Crippen molar-refractivity contribution in [3.8, 4) is 11.4 Å². The Morgan fingerprint density at radius 3 is 2.80 bits per heavy atom. The average Bonchev–Trinajstić information content (AvgIpc) is 2.82. The van der Waals surface area contributed by atoms with E-state index in [0.717, 1.165) is 10.9 Å². The van der Waals surface area contributed by atoms with Crippen LogP contribution in [0.1, 0.15) is 0 Å². The van der Waals surface area contributed by atoms with Crippen molar-refractivity contribution in [3.05, 3.63) is 40.6 Å². The second-order valence-corrected chi connectivity index (χ2v) is 4.96. The summed E-state index contributed by atoms with van der Waals surface area (Å²) in [4.78, 5) is 4.00. The Hall–Kier alpha value is -1.98. The van der Waals surface area contributed by atoms with Crippen LogP contribution in [-0.4, -0.2) is 21.9 Å². The molecule has 2 N–H and O–H groups in total. The Labute approximate surface area is 124 Å². The second-order valence-electron chi connectivity index (χ2n) is 4.14. The second kappa shape index (κ2) is 4.85. The number of benzene rings is 1. The smallest absolute Gasteiger partial charge is 0.144 e. The van der Waals surface area contributed by atoms with Crippen LogP contribution >= 0.6 is 23.2 Å². The van der Waals surface area contributed by atoms with Crippen LogP contribution in [0.4, 0.5) is 5.82 Å². The van der Waals surface area contributed by atoms with Gasteiger partial charge in [0.05, 0.1) is 24.2 Å². The van der Waals surface area contributed by atoms with Crippen molar-refractivity contribution in [2.75, 3.05) is 12.8 Å². The molecular formula is C13H10Cl2N4O. The van der Waals surface area contributed by atoms with Crippen molar-refractivity contribution in [2.45, 2.75) is 0 Å². The summed E-state index contributed by atoms with van der Waals surface area (Å²) in [5, 5.41) is 5.92. The molecule has 7 heteroatoms. The van der Waals surface area contributed by atoms with Crippen LogP contribution in [0, 0.1) is 0 Å². The molecule has 0 saturated carbocycles. The zero-order chi connectivity index (χ0) is 14.3. The molecule has 0 atom stereocenters. The summed E-state index contributed by atoms with van der Waals surface area (Å²) in [7, 11) is 1.58. The Bertz CT molecular complexity index is 800. The first-order valence-corrected chi connectivity index (χ1v) is 6.49. The van der Waals surface area contributed by atoms with Gasteiger partial charge in [-0.3, -0.25) is 0 Å². The SMILES string of the molecule is COc1ccc(Cl)cc1-n1ncc2c(N)nc(Cl)cc21. The van der Waals surface area contributed by atoms with Gasteiger partial charge >= 0.3 is 0 Å². The summed E-state index contributed by atoms with van der Waals surface area (Å²) in [5.41, 5.74) is 7.29. The van der Waals surface area contributed by atoms with Crippen LogP contribution in [-0.2, 0) is 0 Å². The average molecular weight is 309 g/mol. The van der Waals surface area contributed by atoms with Gasteiger partial charge in [-0.05, 0) is 18.2 Å². The maximum Gasteiger partial charge on any atom is 0.144 e. The molecular weight excluding hydrogens is 299 g/mol. The number of rotatable bonds is 2. The molecule has 0 unspecified atom stereocenters. The number of aromatic nitrogens is 3. The van der Waals surface area contributed by atoms with Crippen LogP contribution in [0.25, 0.3) is 16.6 Å². The first-order chi connectivity index (χ1) is 9.60. The normalized spacial score (nSPS) is 10.9. The number of hydrogen-bond donors (Lipinski definition) is 1. The van der Waals surface area contributed by atoms with Gasteiger partial charge in [0.1, 0.15) is 22.4 Å². The van der Waals surface area contributed by atoms with Crippen LogP contribution in [0.3, 0.4) is 0 Å². The molecule has 20 heavy (non-hydrogen) atoms. The Morgan fingerprint density at radius 1 is 1.25 bits per heavy atom. The van der Waals surface area contributed by atoms with Crippen LogP contribution in [0.2, 0.25) is 10.2 Å². The summed E-state index contributed by atoms with van der Waals surface area (Å²) in [6.45, 7) is 0. The highest BCUT2D eigenvalue weighted by atomic mass is 35.5. The molecule has 1 aromatic carbocycles. The van der Waals surface area contributed by atoms with E-state index in [-0.39, 0.29) is 0 Å². The van der Waals surface area contributed by atoms with Gasteiger partial charge in [0.15, 0.2) is 0 Å². The third-order valence-electron chi connectivity index (χ3n) is 2.93. The molecule has 102 valence electrons. The van der Waals surface area contributed by atoms with Gasteiger partial charge in [-0.2, -0.15) is 5.10 Å². The summed E-state index contributed by atoms with van der Waals surface area (Å²) in [6.07, 6.45) is 1.63. The summed E-state index contributed by atoms with van der Waals surface area (Å²) in [5.74, 6) is 0.977. The Balaban J connectivity index is 2.33. The fourth-order valence-electron chi connectivity index (χ4n) is 2.04. The van der Waals surface area contributed by atoms with Crippen molar-refractivity contribution >= 4 is 39.9 Å². The number of fused-ring (bicyclic) bond motifs is 1. The predicted molar refractivity (Wildman–Crippen MR) is 79.8 cm³/mol. The van der Waals surface area contributed by atoms with E-state index in [1.807, 2.05) is 0 Å². The standard InChI is InChI=1S/C13H10Cl2N4O/c1-20-11-3-2-7(14)4-10(11)19-9-5-12(15)18-13(16)8(9)6-17-19/h2-6H,1H3,(H2,16,18). The zero-order valence-corrected chi connectivity index (χ0v) is 12.0. The van der Waals surface area contributed by atoms with Gasteiger partial charge in [-0.15, -0.1) is 0 Å². The molecule has 5 nitrogen and oxygen atoms in total. The highest BCUT2D eigenvalue weighted by molar-refractivity contribution is 6.31. The molecule has 3 rings (SSSR count). The lowest BCUT2D eigenvalue weighted by Gasteiger charge is -2.10. The molecule has 0 aliphatic heterocycles. The summed E-state index contributed by atoms with van der Waals surface area (Å²) < 4.78 is 7.00. The van der Waals surface area contributed by atoms with Gasteiger partial charge in [0.25, 0.3) is 0 Å². The van der Waals surface area contributed by atoms with Crippen LogP contribution in [0.5, 0.6) is 5.75 Å². The predicted octanol–water partition coefficient (Wildman–Crippen LogP) is 3.32. The van der Waals surface area contributed by atoms with Crippen molar-refractivity contribution in [1.29, 1.82) is 0 Å². The molecule has 0 radical (unpaired) electrons. The Kier molecular flexibility index (Phi) is 3.16. The molecule has 0 aliphatic carbocycles. The quantitative estimate of drug-likeness (QED) is 0.738. The number of ether oxygens (including phenoxy) is 1. The minimum Gasteiger partial charge on any atom is -0.494 e. The third kappa shape index (κ3) is 2.05. The van der Waals surface area contributed by atoms with Gasteiger partial charge in [-0.25, -0.2) is 9.67 Å². The lowest BCUT2D eigenvalue weighted by atomic mass is 10.2. The number of halogens is 2.